The van der Waals surface area contributed by atoms with Crippen molar-refractivity contribution in [3.63, 3.8) is 0 Å². The van der Waals surface area contributed by atoms with Gasteiger partial charge in [-0.2, -0.15) is 0 Å². The third kappa shape index (κ3) is 8.00. The molecule has 0 spiro atoms. The molecule has 4 N–H and O–H groups in total. The number of nitrogens with one attached hydrogen (secondary N) is 4. The lowest BCUT2D eigenvalue weighted by molar-refractivity contribution is -0.136. The first-order valence-corrected chi connectivity index (χ1v) is 19.8. The standard InChI is InChI=1S/C42H54N10O4/c1-25(2)35(48-41-43-19-22-50(41)5)39(53)51-20-7-9-33(51)37-44-23-31(46-37)29-15-11-27(12-16-29)28-13-17-30(18-14-28)32-24-45-38(47-32)34-10-8-21-52(34)40(54)36(26(3)4)49-42(55)56-6/h11-18,23-26,33-36H,7-10,19-22H2,1-6H3,(H,43,48)(H,44,46)(H,45,47)(H,49,55)/t33-,34-,35+,36-/m0/s1. The van der Waals surface area contributed by atoms with Gasteiger partial charge in [-0.05, 0) is 59.8 Å². The Kier molecular flexibility index (Phi) is 11.4. The fourth-order valence-electron chi connectivity index (χ4n) is 8.02. The summed E-state index contributed by atoms with van der Waals surface area (Å²) < 4.78 is 4.76. The second-order valence-electron chi connectivity index (χ2n) is 15.7. The molecule has 3 aliphatic heterocycles. The van der Waals surface area contributed by atoms with Crippen molar-refractivity contribution in [3.05, 3.63) is 72.6 Å². The van der Waals surface area contributed by atoms with Gasteiger partial charge in [0.2, 0.25) is 11.8 Å². The molecule has 4 aromatic rings. The van der Waals surface area contributed by atoms with Crippen molar-refractivity contribution >= 4 is 23.9 Å². The molecule has 56 heavy (non-hydrogen) atoms. The lowest BCUT2D eigenvalue weighted by Crippen LogP contribution is -2.53. The van der Waals surface area contributed by atoms with Crippen LogP contribution in [0.4, 0.5) is 4.79 Å². The lowest BCUT2D eigenvalue weighted by Gasteiger charge is -2.31. The second-order valence-corrected chi connectivity index (χ2v) is 15.7. The molecule has 0 unspecified atom stereocenters. The Bertz CT molecular complexity index is 2040. The van der Waals surface area contributed by atoms with Crippen LogP contribution in [0.25, 0.3) is 33.6 Å². The van der Waals surface area contributed by atoms with Crippen molar-refractivity contribution in [1.82, 2.24) is 45.3 Å². The van der Waals surface area contributed by atoms with E-state index in [1.54, 1.807) is 0 Å². The molecule has 5 heterocycles. The first-order valence-electron chi connectivity index (χ1n) is 19.8. The molecule has 4 atom stereocenters. The number of aromatic nitrogens is 4. The highest BCUT2D eigenvalue weighted by Crippen LogP contribution is 2.35. The molecular weight excluding hydrogens is 709 g/mol. The maximum absolute atomic E-state index is 13.9. The van der Waals surface area contributed by atoms with Gasteiger partial charge in [-0.15, -0.1) is 0 Å². The zero-order valence-corrected chi connectivity index (χ0v) is 33.2. The number of carbonyl (C=O) groups is 3. The van der Waals surface area contributed by atoms with Gasteiger partial charge in [-0.25, -0.2) is 14.8 Å². The van der Waals surface area contributed by atoms with E-state index in [9.17, 15) is 14.4 Å². The highest BCUT2D eigenvalue weighted by molar-refractivity contribution is 5.90. The van der Waals surface area contributed by atoms with E-state index in [0.29, 0.717) is 13.1 Å². The van der Waals surface area contributed by atoms with Crippen molar-refractivity contribution in [2.45, 2.75) is 77.5 Å². The number of carbonyl (C=O) groups excluding carboxylic acids is 3. The Morgan fingerprint density at radius 2 is 1.18 bits per heavy atom. The number of likely N-dealkylation sites (tertiary alicyclic amines) is 2. The molecule has 3 aliphatic rings. The number of benzene rings is 2. The summed E-state index contributed by atoms with van der Waals surface area (Å²) in [7, 11) is 3.30. The zero-order valence-electron chi connectivity index (χ0n) is 33.2. The number of imidazole rings is 2. The van der Waals surface area contributed by atoms with E-state index in [1.165, 1.54) is 7.11 Å². The third-order valence-corrected chi connectivity index (χ3v) is 11.3. The molecule has 0 bridgehead atoms. The summed E-state index contributed by atoms with van der Waals surface area (Å²) in [5, 5.41) is 6.13. The molecule has 296 valence electrons. The van der Waals surface area contributed by atoms with Crippen LogP contribution < -0.4 is 10.6 Å². The Morgan fingerprint density at radius 3 is 1.61 bits per heavy atom. The van der Waals surface area contributed by atoms with E-state index in [0.717, 1.165) is 90.0 Å². The lowest BCUT2D eigenvalue weighted by atomic mass is 10.0. The number of nitrogens with zero attached hydrogens (tertiary/aromatic N) is 6. The Hall–Kier alpha value is -5.66. The van der Waals surface area contributed by atoms with E-state index in [4.69, 9.17) is 9.72 Å². The second kappa shape index (κ2) is 16.6. The Labute approximate surface area is 328 Å². The molecule has 14 heteroatoms. The quantitative estimate of drug-likeness (QED) is 0.150. The highest BCUT2D eigenvalue weighted by atomic mass is 16.5. The number of alkyl carbamates (subject to hydrolysis) is 1. The number of aliphatic imine (C=N–C) groups is 1. The summed E-state index contributed by atoms with van der Waals surface area (Å²) in [6.45, 7) is 10.9. The molecule has 14 nitrogen and oxygen atoms in total. The number of ether oxygens (including phenoxy) is 1. The molecule has 7 rings (SSSR count). The molecule has 2 aromatic heterocycles. The topological polar surface area (TPSA) is 164 Å². The van der Waals surface area contributed by atoms with Crippen LogP contribution in [0.3, 0.4) is 0 Å². The van der Waals surface area contributed by atoms with Crippen LogP contribution in [-0.2, 0) is 14.3 Å². The number of guanidine groups is 1. The maximum Gasteiger partial charge on any atom is 0.407 e. The van der Waals surface area contributed by atoms with Gasteiger partial charge in [-0.1, -0.05) is 76.2 Å². The third-order valence-electron chi connectivity index (χ3n) is 11.3. The van der Waals surface area contributed by atoms with Gasteiger partial charge in [0.05, 0.1) is 49.5 Å². The smallest absolute Gasteiger partial charge is 0.407 e. The Balaban J connectivity index is 0.994. The summed E-state index contributed by atoms with van der Waals surface area (Å²) >= 11 is 0. The van der Waals surface area contributed by atoms with Gasteiger partial charge < -0.3 is 40.0 Å². The average Bonchev–Trinajstić information content (AvgIpc) is 4.06. The summed E-state index contributed by atoms with van der Waals surface area (Å²) in [5.41, 5.74) is 5.97. The zero-order chi connectivity index (χ0) is 39.5. The predicted molar refractivity (Wildman–Crippen MR) is 215 cm³/mol. The largest absolute Gasteiger partial charge is 0.453 e. The molecule has 2 saturated heterocycles. The molecule has 2 aromatic carbocycles. The van der Waals surface area contributed by atoms with Crippen LogP contribution in [0.15, 0.2) is 65.9 Å². The number of aromatic amines is 2. The van der Waals surface area contributed by atoms with Crippen LogP contribution in [0.2, 0.25) is 0 Å². The number of H-pyrrole nitrogens is 2. The van der Waals surface area contributed by atoms with E-state index < -0.39 is 12.1 Å². The molecule has 0 aliphatic carbocycles. The predicted octanol–water partition coefficient (Wildman–Crippen LogP) is 5.76. The highest BCUT2D eigenvalue weighted by Gasteiger charge is 2.39. The minimum Gasteiger partial charge on any atom is -0.453 e. The van der Waals surface area contributed by atoms with Gasteiger partial charge in [0.1, 0.15) is 23.7 Å². The minimum atomic E-state index is -0.679. The van der Waals surface area contributed by atoms with Crippen molar-refractivity contribution in [2.75, 3.05) is 40.3 Å². The first-order chi connectivity index (χ1) is 27.0. The van der Waals surface area contributed by atoms with Crippen molar-refractivity contribution in [3.8, 4) is 33.6 Å². The summed E-state index contributed by atoms with van der Waals surface area (Å²) in [6.07, 6.45) is 6.51. The van der Waals surface area contributed by atoms with Crippen molar-refractivity contribution < 1.29 is 19.1 Å². The number of hydrogen-bond donors (Lipinski definition) is 4. The van der Waals surface area contributed by atoms with Crippen LogP contribution in [0, 0.1) is 11.8 Å². The van der Waals surface area contributed by atoms with E-state index in [-0.39, 0.29) is 41.8 Å². The SMILES string of the molecule is COC(=O)N[C@H](C(=O)N1CCC[C@H]1c1ncc(-c2ccc(-c3ccc(-c4cnc([C@@H]5CCCN5C(=O)[C@H](NC5=NCCN5C)C(C)C)[nH]4)cc3)cc2)[nH]1)C(C)C. The first kappa shape index (κ1) is 38.6. The fraction of sp³-hybridized carbons (Fsp3) is 0.476. The Morgan fingerprint density at radius 1 is 0.714 bits per heavy atom. The summed E-state index contributed by atoms with van der Waals surface area (Å²) in [6, 6.07) is 15.4. The van der Waals surface area contributed by atoms with Gasteiger partial charge in [-0.3, -0.25) is 14.6 Å². The van der Waals surface area contributed by atoms with Crippen LogP contribution in [-0.4, -0.2) is 111 Å². The number of methoxy groups -OCH3 is 1. The molecule has 3 amide bonds. The maximum atomic E-state index is 13.9. The number of likely N-dealkylation sites (N-methyl/N-ethyl adjacent to an activating group) is 1. The van der Waals surface area contributed by atoms with E-state index >= 15 is 0 Å². The van der Waals surface area contributed by atoms with Gasteiger partial charge in [0.25, 0.3) is 0 Å². The van der Waals surface area contributed by atoms with E-state index in [2.05, 4.69) is 97.9 Å². The summed E-state index contributed by atoms with van der Waals surface area (Å²) in [4.78, 5) is 66.2. The average molecular weight is 763 g/mol. The molecule has 0 saturated carbocycles. The monoisotopic (exact) mass is 762 g/mol. The fourth-order valence-corrected chi connectivity index (χ4v) is 8.02. The van der Waals surface area contributed by atoms with Gasteiger partial charge in [0, 0.05) is 26.7 Å². The minimum absolute atomic E-state index is 0.0883. The van der Waals surface area contributed by atoms with Crippen LogP contribution in [0.5, 0.6) is 0 Å². The van der Waals surface area contributed by atoms with Gasteiger partial charge in [0.15, 0.2) is 5.96 Å². The normalized spacial score (nSPS) is 19.4. The molecule has 0 radical (unpaired) electrons. The molecule has 2 fully saturated rings. The van der Waals surface area contributed by atoms with E-state index in [1.807, 2.05) is 43.1 Å². The van der Waals surface area contributed by atoms with Crippen LogP contribution >= 0.6 is 0 Å². The van der Waals surface area contributed by atoms with Crippen molar-refractivity contribution in [2.24, 2.45) is 16.8 Å². The van der Waals surface area contributed by atoms with Crippen LogP contribution in [0.1, 0.15) is 77.1 Å². The number of amides is 3. The van der Waals surface area contributed by atoms with Crippen molar-refractivity contribution in [1.29, 1.82) is 0 Å². The number of rotatable bonds is 11. The molecular formula is C42H54N10O4. The van der Waals surface area contributed by atoms with Gasteiger partial charge >= 0.3 is 6.09 Å². The number of hydrogen-bond acceptors (Lipinski definition) is 9. The summed E-state index contributed by atoms with van der Waals surface area (Å²) in [5.74, 6) is 2.30.